The summed E-state index contributed by atoms with van der Waals surface area (Å²) in [4.78, 5) is 20.6. The van der Waals surface area contributed by atoms with Crippen LogP contribution in [0.4, 0.5) is 0 Å². The summed E-state index contributed by atoms with van der Waals surface area (Å²) in [5, 5.41) is 3.12. The maximum Gasteiger partial charge on any atom is 0.278 e. The number of carbonyl (C=O) groups is 1. The molecule has 1 saturated carbocycles. The molecule has 1 fully saturated rings. The van der Waals surface area contributed by atoms with Crippen molar-refractivity contribution in [1.82, 2.24) is 15.3 Å². The molecule has 7 heteroatoms. The van der Waals surface area contributed by atoms with Crippen LogP contribution < -0.4 is 14.8 Å². The van der Waals surface area contributed by atoms with Gasteiger partial charge in [0.05, 0.1) is 7.11 Å². The van der Waals surface area contributed by atoms with Crippen molar-refractivity contribution < 1.29 is 14.3 Å². The van der Waals surface area contributed by atoms with Gasteiger partial charge in [-0.05, 0) is 66.5 Å². The van der Waals surface area contributed by atoms with E-state index < -0.39 is 0 Å². The van der Waals surface area contributed by atoms with E-state index in [9.17, 15) is 4.79 Å². The van der Waals surface area contributed by atoms with Crippen LogP contribution in [0.3, 0.4) is 0 Å². The topological polar surface area (TPSA) is 73.3 Å². The van der Waals surface area contributed by atoms with Crippen LogP contribution in [0.25, 0.3) is 0 Å². The fraction of sp³-hybridized carbons (Fsp3) is 0.389. The minimum Gasteiger partial charge on any atom is -0.477 e. The lowest BCUT2D eigenvalue weighted by Crippen LogP contribution is -2.39. The monoisotopic (exact) mass is 453 g/mol. The third kappa shape index (κ3) is 4.81. The molecule has 1 aliphatic carbocycles. The number of halogens is 1. The highest BCUT2D eigenvalue weighted by atomic mass is 127. The summed E-state index contributed by atoms with van der Waals surface area (Å²) in [5.41, 5.74) is 0.703. The molecule has 1 aliphatic rings. The van der Waals surface area contributed by atoms with Gasteiger partial charge in [-0.1, -0.05) is 6.07 Å². The van der Waals surface area contributed by atoms with Crippen molar-refractivity contribution in [2.75, 3.05) is 7.11 Å². The van der Waals surface area contributed by atoms with Gasteiger partial charge in [0.15, 0.2) is 0 Å². The van der Waals surface area contributed by atoms with Crippen LogP contribution in [0, 0.1) is 3.57 Å². The van der Waals surface area contributed by atoms with Crippen LogP contribution in [0.5, 0.6) is 11.8 Å². The van der Waals surface area contributed by atoms with Crippen LogP contribution in [0.15, 0.2) is 36.7 Å². The van der Waals surface area contributed by atoms with E-state index in [1.165, 1.54) is 0 Å². The Morgan fingerprint density at radius 1 is 1.16 bits per heavy atom. The summed E-state index contributed by atoms with van der Waals surface area (Å²) in [6.07, 6.45) is 6.70. The molecule has 0 atom stereocenters. The van der Waals surface area contributed by atoms with Crippen molar-refractivity contribution in [3.05, 3.63) is 45.8 Å². The van der Waals surface area contributed by atoms with Gasteiger partial charge in [0.25, 0.3) is 17.7 Å². The molecule has 0 spiro atoms. The normalized spacial score (nSPS) is 19.9. The van der Waals surface area contributed by atoms with Gasteiger partial charge in [0.1, 0.15) is 6.10 Å². The second kappa shape index (κ2) is 8.46. The number of rotatable bonds is 5. The van der Waals surface area contributed by atoms with Crippen molar-refractivity contribution in [1.29, 1.82) is 0 Å². The molecule has 0 radical (unpaired) electrons. The van der Waals surface area contributed by atoms with Gasteiger partial charge < -0.3 is 14.8 Å². The van der Waals surface area contributed by atoms with E-state index >= 15 is 0 Å². The zero-order valence-corrected chi connectivity index (χ0v) is 16.1. The van der Waals surface area contributed by atoms with E-state index in [1.807, 2.05) is 24.3 Å². The Hall–Kier alpha value is -1.90. The maximum atomic E-state index is 12.3. The van der Waals surface area contributed by atoms with E-state index in [4.69, 9.17) is 9.47 Å². The standard InChI is InChI=1S/C18H20IN3O3/c1-24-17-18(21-10-9-20-17)25-15-7-5-14(6-8-15)22-16(23)12-3-2-4-13(19)11-12/h2-4,9-11,14-15H,5-8H2,1H3,(H,22,23). The molecule has 1 aromatic heterocycles. The smallest absolute Gasteiger partial charge is 0.278 e. The summed E-state index contributed by atoms with van der Waals surface area (Å²) >= 11 is 2.21. The van der Waals surface area contributed by atoms with E-state index in [0.29, 0.717) is 17.3 Å². The number of carbonyl (C=O) groups excluding carboxylic acids is 1. The lowest BCUT2D eigenvalue weighted by Gasteiger charge is -2.29. The molecule has 3 rings (SSSR count). The Balaban J connectivity index is 1.51. The molecule has 0 unspecified atom stereocenters. The molecule has 132 valence electrons. The van der Waals surface area contributed by atoms with E-state index in [1.54, 1.807) is 19.5 Å². The molecule has 25 heavy (non-hydrogen) atoms. The summed E-state index contributed by atoms with van der Waals surface area (Å²) in [6.45, 7) is 0. The van der Waals surface area contributed by atoms with Crippen LogP contribution in [0.1, 0.15) is 36.0 Å². The average molecular weight is 453 g/mol. The number of ether oxygens (including phenoxy) is 2. The Bertz CT molecular complexity index is 733. The minimum atomic E-state index is -0.0153. The Kier molecular flexibility index (Phi) is 6.06. The fourth-order valence-electron chi connectivity index (χ4n) is 2.91. The molecule has 1 aromatic carbocycles. The van der Waals surface area contributed by atoms with Crippen molar-refractivity contribution in [2.45, 2.75) is 37.8 Å². The number of hydrogen-bond acceptors (Lipinski definition) is 5. The number of hydrogen-bond donors (Lipinski definition) is 1. The quantitative estimate of drug-likeness (QED) is 0.705. The minimum absolute atomic E-state index is 0.0153. The van der Waals surface area contributed by atoms with Gasteiger partial charge in [-0.3, -0.25) is 4.79 Å². The first-order valence-electron chi connectivity index (χ1n) is 8.24. The number of amides is 1. The molecule has 1 amide bonds. The lowest BCUT2D eigenvalue weighted by atomic mass is 9.92. The summed E-state index contributed by atoms with van der Waals surface area (Å²) < 4.78 is 12.1. The molecule has 0 aliphatic heterocycles. The first kappa shape index (κ1) is 17.9. The van der Waals surface area contributed by atoms with Crippen molar-refractivity contribution in [2.24, 2.45) is 0 Å². The van der Waals surface area contributed by atoms with Crippen LogP contribution in [-0.4, -0.2) is 35.1 Å². The zero-order valence-electron chi connectivity index (χ0n) is 13.9. The number of benzene rings is 1. The molecule has 1 heterocycles. The fourth-order valence-corrected chi connectivity index (χ4v) is 3.46. The molecule has 0 saturated heterocycles. The molecule has 6 nitrogen and oxygen atoms in total. The number of aromatic nitrogens is 2. The molecule has 2 aromatic rings. The number of nitrogens with one attached hydrogen (secondary N) is 1. The SMILES string of the molecule is COc1nccnc1OC1CCC(NC(=O)c2cccc(I)c2)CC1. The van der Waals surface area contributed by atoms with Crippen molar-refractivity contribution in [3.63, 3.8) is 0 Å². The highest BCUT2D eigenvalue weighted by molar-refractivity contribution is 14.1. The van der Waals surface area contributed by atoms with Gasteiger partial charge in [0.2, 0.25) is 0 Å². The van der Waals surface area contributed by atoms with Gasteiger partial charge in [-0.2, -0.15) is 0 Å². The predicted molar refractivity (Wildman–Crippen MR) is 102 cm³/mol. The van der Waals surface area contributed by atoms with Gasteiger partial charge >= 0.3 is 0 Å². The largest absolute Gasteiger partial charge is 0.477 e. The molecular weight excluding hydrogens is 433 g/mol. The Morgan fingerprint density at radius 3 is 2.56 bits per heavy atom. The molecule has 1 N–H and O–H groups in total. The van der Waals surface area contributed by atoms with E-state index in [2.05, 4.69) is 37.9 Å². The van der Waals surface area contributed by atoms with E-state index in [0.717, 1.165) is 29.3 Å². The lowest BCUT2D eigenvalue weighted by molar-refractivity contribution is 0.0886. The maximum absolute atomic E-state index is 12.3. The van der Waals surface area contributed by atoms with Crippen molar-refractivity contribution >= 4 is 28.5 Å². The second-order valence-corrected chi connectivity index (χ2v) is 7.19. The highest BCUT2D eigenvalue weighted by Crippen LogP contribution is 2.27. The molecular formula is C18H20IN3O3. The molecule has 0 bridgehead atoms. The Labute approximate surface area is 160 Å². The number of methoxy groups -OCH3 is 1. The van der Waals surface area contributed by atoms with Gasteiger partial charge in [0, 0.05) is 27.6 Å². The average Bonchev–Trinajstić information content (AvgIpc) is 2.64. The van der Waals surface area contributed by atoms with Gasteiger partial charge in [-0.15, -0.1) is 0 Å². The first-order chi connectivity index (χ1) is 12.2. The van der Waals surface area contributed by atoms with Crippen LogP contribution >= 0.6 is 22.6 Å². The Morgan fingerprint density at radius 2 is 1.88 bits per heavy atom. The highest BCUT2D eigenvalue weighted by Gasteiger charge is 2.25. The van der Waals surface area contributed by atoms with Crippen LogP contribution in [-0.2, 0) is 0 Å². The number of nitrogens with zero attached hydrogens (tertiary/aromatic N) is 2. The van der Waals surface area contributed by atoms with Crippen LogP contribution in [0.2, 0.25) is 0 Å². The summed E-state index contributed by atoms with van der Waals surface area (Å²) in [5.74, 6) is 0.812. The second-order valence-electron chi connectivity index (χ2n) is 5.95. The van der Waals surface area contributed by atoms with E-state index in [-0.39, 0.29) is 18.1 Å². The summed E-state index contributed by atoms with van der Waals surface area (Å²) in [7, 11) is 1.55. The zero-order chi connectivity index (χ0) is 17.6. The third-order valence-corrected chi connectivity index (χ3v) is 4.87. The van der Waals surface area contributed by atoms with Gasteiger partial charge in [-0.25, -0.2) is 9.97 Å². The summed E-state index contributed by atoms with van der Waals surface area (Å²) in [6, 6.07) is 7.78. The first-order valence-corrected chi connectivity index (χ1v) is 9.31. The van der Waals surface area contributed by atoms with Crippen molar-refractivity contribution in [3.8, 4) is 11.8 Å². The third-order valence-electron chi connectivity index (χ3n) is 4.20. The predicted octanol–water partition coefficient (Wildman–Crippen LogP) is 3.21.